The van der Waals surface area contributed by atoms with Gasteiger partial charge in [-0.05, 0) is 25.7 Å². The molecule has 0 bridgehead atoms. The van der Waals surface area contributed by atoms with Crippen LogP contribution in [0.5, 0.6) is 0 Å². The molecular formula is C13H20N4O2. The number of amides is 1. The molecular weight excluding hydrogens is 244 g/mol. The van der Waals surface area contributed by atoms with E-state index in [1.165, 1.54) is 12.8 Å². The molecule has 0 saturated heterocycles. The van der Waals surface area contributed by atoms with E-state index in [1.807, 2.05) is 0 Å². The number of nitrogens with zero attached hydrogens (tertiary/aromatic N) is 2. The van der Waals surface area contributed by atoms with E-state index in [0.717, 1.165) is 38.5 Å². The molecule has 0 atom stereocenters. The number of rotatable bonds is 3. The summed E-state index contributed by atoms with van der Waals surface area (Å²) in [5, 5.41) is 6.62. The fourth-order valence-corrected chi connectivity index (χ4v) is 2.57. The summed E-state index contributed by atoms with van der Waals surface area (Å²) in [6, 6.07) is 0.291. The number of nitrogens with one attached hydrogen (secondary N) is 1. The Balaban J connectivity index is 1.73. The Morgan fingerprint density at radius 1 is 1.26 bits per heavy atom. The lowest BCUT2D eigenvalue weighted by Gasteiger charge is -2.22. The summed E-state index contributed by atoms with van der Waals surface area (Å²) in [7, 11) is 0. The Hall–Kier alpha value is -1.43. The molecule has 1 heterocycles. The molecule has 0 spiro atoms. The van der Waals surface area contributed by atoms with Crippen molar-refractivity contribution >= 4 is 5.91 Å². The summed E-state index contributed by atoms with van der Waals surface area (Å²) in [5.74, 6) is 0.265. The fourth-order valence-electron chi connectivity index (χ4n) is 2.57. The van der Waals surface area contributed by atoms with Crippen LogP contribution in [-0.4, -0.2) is 22.1 Å². The third-order valence-electron chi connectivity index (χ3n) is 3.96. The van der Waals surface area contributed by atoms with Gasteiger partial charge in [0, 0.05) is 6.04 Å². The van der Waals surface area contributed by atoms with E-state index in [1.54, 1.807) is 0 Å². The highest BCUT2D eigenvalue weighted by Crippen LogP contribution is 2.32. The van der Waals surface area contributed by atoms with Gasteiger partial charge in [-0.1, -0.05) is 30.8 Å². The van der Waals surface area contributed by atoms with Crippen LogP contribution < -0.4 is 11.1 Å². The van der Waals surface area contributed by atoms with Crippen LogP contribution in [0.25, 0.3) is 0 Å². The SMILES string of the molecule is NC1(c2nc(C(=O)NC3CC3)no2)CCCCCC1. The molecule has 6 nitrogen and oxygen atoms in total. The highest BCUT2D eigenvalue weighted by Gasteiger charge is 2.35. The fraction of sp³-hybridized carbons (Fsp3) is 0.769. The predicted molar refractivity (Wildman–Crippen MR) is 68.4 cm³/mol. The summed E-state index contributed by atoms with van der Waals surface area (Å²) >= 11 is 0. The molecule has 1 amide bonds. The first-order valence-electron chi connectivity index (χ1n) is 7.11. The normalized spacial score (nSPS) is 22.8. The molecule has 3 rings (SSSR count). The van der Waals surface area contributed by atoms with Crippen LogP contribution in [0, 0.1) is 0 Å². The summed E-state index contributed by atoms with van der Waals surface area (Å²) in [6.07, 6.45) is 8.31. The maximum Gasteiger partial charge on any atom is 0.292 e. The standard InChI is InChI=1S/C13H20N4O2/c14-13(7-3-1-2-4-8-13)12-16-10(17-19-12)11(18)15-9-5-6-9/h9H,1-8,14H2,(H,15,18). The van der Waals surface area contributed by atoms with E-state index >= 15 is 0 Å². The Bertz CT molecular complexity index is 459. The second kappa shape index (κ2) is 4.92. The van der Waals surface area contributed by atoms with Gasteiger partial charge in [-0.3, -0.25) is 4.79 Å². The molecule has 2 saturated carbocycles. The smallest absolute Gasteiger partial charge is 0.292 e. The molecule has 19 heavy (non-hydrogen) atoms. The van der Waals surface area contributed by atoms with Crippen molar-refractivity contribution in [2.24, 2.45) is 5.73 Å². The van der Waals surface area contributed by atoms with Gasteiger partial charge in [0.2, 0.25) is 5.89 Å². The first kappa shape index (κ1) is 12.6. The van der Waals surface area contributed by atoms with Crippen molar-refractivity contribution in [3.63, 3.8) is 0 Å². The molecule has 104 valence electrons. The lowest BCUT2D eigenvalue weighted by molar-refractivity contribution is 0.0937. The van der Waals surface area contributed by atoms with Crippen LogP contribution in [0.15, 0.2) is 4.52 Å². The van der Waals surface area contributed by atoms with Crippen LogP contribution in [0.2, 0.25) is 0 Å². The summed E-state index contributed by atoms with van der Waals surface area (Å²) in [5.41, 5.74) is 5.83. The van der Waals surface area contributed by atoms with Gasteiger partial charge in [-0.25, -0.2) is 0 Å². The Morgan fingerprint density at radius 3 is 2.58 bits per heavy atom. The van der Waals surface area contributed by atoms with Crippen molar-refractivity contribution in [3.05, 3.63) is 11.7 Å². The molecule has 1 aromatic rings. The molecule has 0 aliphatic heterocycles. The van der Waals surface area contributed by atoms with Crippen LogP contribution in [0.3, 0.4) is 0 Å². The van der Waals surface area contributed by atoms with E-state index in [9.17, 15) is 4.79 Å². The minimum absolute atomic E-state index is 0.107. The molecule has 2 aliphatic rings. The monoisotopic (exact) mass is 264 g/mol. The van der Waals surface area contributed by atoms with E-state index < -0.39 is 5.54 Å². The molecule has 0 aromatic carbocycles. The van der Waals surface area contributed by atoms with E-state index in [4.69, 9.17) is 10.3 Å². The molecule has 2 fully saturated rings. The number of nitrogens with two attached hydrogens (primary N) is 1. The first-order chi connectivity index (χ1) is 9.17. The van der Waals surface area contributed by atoms with Crippen molar-refractivity contribution in [1.29, 1.82) is 0 Å². The van der Waals surface area contributed by atoms with Gasteiger partial charge < -0.3 is 15.6 Å². The lowest BCUT2D eigenvalue weighted by atomic mass is 9.91. The molecule has 2 aliphatic carbocycles. The van der Waals surface area contributed by atoms with Crippen molar-refractivity contribution in [2.45, 2.75) is 62.9 Å². The number of hydrogen-bond donors (Lipinski definition) is 2. The molecule has 3 N–H and O–H groups in total. The maximum absolute atomic E-state index is 11.8. The maximum atomic E-state index is 11.8. The third-order valence-corrected chi connectivity index (χ3v) is 3.96. The van der Waals surface area contributed by atoms with E-state index in [2.05, 4.69) is 15.5 Å². The second-order valence-electron chi connectivity index (χ2n) is 5.74. The second-order valence-corrected chi connectivity index (χ2v) is 5.74. The predicted octanol–water partition coefficient (Wildman–Crippen LogP) is 1.47. The Kier molecular flexibility index (Phi) is 3.26. The van der Waals surface area contributed by atoms with Gasteiger partial charge in [-0.2, -0.15) is 4.98 Å². The Morgan fingerprint density at radius 2 is 1.95 bits per heavy atom. The number of aromatic nitrogens is 2. The highest BCUT2D eigenvalue weighted by atomic mass is 16.5. The zero-order valence-electron chi connectivity index (χ0n) is 11.0. The van der Waals surface area contributed by atoms with Gasteiger partial charge >= 0.3 is 0 Å². The average Bonchev–Trinajstić information content (AvgIpc) is 3.10. The number of hydrogen-bond acceptors (Lipinski definition) is 5. The van der Waals surface area contributed by atoms with Gasteiger partial charge in [0.25, 0.3) is 11.7 Å². The van der Waals surface area contributed by atoms with Crippen molar-refractivity contribution in [2.75, 3.05) is 0 Å². The number of carbonyl (C=O) groups is 1. The van der Waals surface area contributed by atoms with Gasteiger partial charge in [0.05, 0.1) is 5.54 Å². The molecule has 1 aromatic heterocycles. The zero-order valence-corrected chi connectivity index (χ0v) is 11.0. The first-order valence-corrected chi connectivity index (χ1v) is 7.11. The minimum Gasteiger partial charge on any atom is -0.346 e. The lowest BCUT2D eigenvalue weighted by Crippen LogP contribution is -2.36. The van der Waals surface area contributed by atoms with Gasteiger partial charge in [0.1, 0.15) is 0 Å². The van der Waals surface area contributed by atoms with Crippen molar-refractivity contribution in [3.8, 4) is 0 Å². The van der Waals surface area contributed by atoms with Crippen molar-refractivity contribution < 1.29 is 9.32 Å². The summed E-state index contributed by atoms with van der Waals surface area (Å²) in [4.78, 5) is 16.0. The van der Waals surface area contributed by atoms with Crippen LogP contribution in [0.4, 0.5) is 0 Å². The topological polar surface area (TPSA) is 94.0 Å². The van der Waals surface area contributed by atoms with E-state index in [0.29, 0.717) is 11.9 Å². The molecule has 6 heteroatoms. The third kappa shape index (κ3) is 2.78. The highest BCUT2D eigenvalue weighted by molar-refractivity contribution is 5.90. The van der Waals surface area contributed by atoms with Crippen molar-refractivity contribution in [1.82, 2.24) is 15.5 Å². The van der Waals surface area contributed by atoms with Crippen LogP contribution in [0.1, 0.15) is 67.9 Å². The number of carbonyl (C=O) groups excluding carboxylic acids is 1. The minimum atomic E-state index is -0.554. The van der Waals surface area contributed by atoms with E-state index in [-0.39, 0.29) is 11.7 Å². The van der Waals surface area contributed by atoms with Crippen LogP contribution in [-0.2, 0) is 5.54 Å². The average molecular weight is 264 g/mol. The quantitative estimate of drug-likeness (QED) is 0.806. The largest absolute Gasteiger partial charge is 0.346 e. The zero-order chi connectivity index (χ0) is 13.3. The Labute approximate surface area is 112 Å². The van der Waals surface area contributed by atoms with Crippen LogP contribution >= 0.6 is 0 Å². The summed E-state index contributed by atoms with van der Waals surface area (Å²) in [6.45, 7) is 0. The molecule has 0 radical (unpaired) electrons. The van der Waals surface area contributed by atoms with Gasteiger partial charge in [0.15, 0.2) is 0 Å². The summed E-state index contributed by atoms with van der Waals surface area (Å²) < 4.78 is 5.24. The van der Waals surface area contributed by atoms with Gasteiger partial charge in [-0.15, -0.1) is 0 Å². The molecule has 0 unspecified atom stereocenters.